The van der Waals surface area contributed by atoms with Crippen molar-refractivity contribution in [1.82, 2.24) is 0 Å². The molecule has 0 bridgehead atoms. The van der Waals surface area contributed by atoms with E-state index in [9.17, 15) is 0 Å². The molecule has 2 atom stereocenters. The summed E-state index contributed by atoms with van der Waals surface area (Å²) in [5.41, 5.74) is 12.3. The molecule has 0 aliphatic heterocycles. The molecule has 138 valence electrons. The van der Waals surface area contributed by atoms with Gasteiger partial charge in [-0.2, -0.15) is 0 Å². The SMILES string of the molecule is CCCCCC(N)CCCCCCC(N)CCCCC.Cl.Cl. The molecule has 22 heavy (non-hydrogen) atoms. The minimum Gasteiger partial charge on any atom is -0.328 e. The highest BCUT2D eigenvalue weighted by atomic mass is 35.5. The van der Waals surface area contributed by atoms with Gasteiger partial charge in [-0.05, 0) is 25.7 Å². The molecule has 0 heterocycles. The van der Waals surface area contributed by atoms with Crippen molar-refractivity contribution in [3.05, 3.63) is 0 Å². The fourth-order valence-corrected chi connectivity index (χ4v) is 2.77. The van der Waals surface area contributed by atoms with Crippen LogP contribution in [0.5, 0.6) is 0 Å². The maximum Gasteiger partial charge on any atom is 0.00388 e. The third kappa shape index (κ3) is 20.5. The maximum absolute atomic E-state index is 6.13. The van der Waals surface area contributed by atoms with E-state index in [4.69, 9.17) is 11.5 Å². The third-order valence-corrected chi connectivity index (χ3v) is 4.26. The predicted molar refractivity (Wildman–Crippen MR) is 106 cm³/mol. The van der Waals surface area contributed by atoms with Crippen LogP contribution in [-0.4, -0.2) is 12.1 Å². The second-order valence-electron chi connectivity index (χ2n) is 6.50. The van der Waals surface area contributed by atoms with E-state index in [-0.39, 0.29) is 24.8 Å². The van der Waals surface area contributed by atoms with E-state index in [1.807, 2.05) is 0 Å². The lowest BCUT2D eigenvalue weighted by Gasteiger charge is -2.12. The van der Waals surface area contributed by atoms with Gasteiger partial charge in [-0.1, -0.05) is 78.1 Å². The molecule has 0 aromatic heterocycles. The van der Waals surface area contributed by atoms with Crippen LogP contribution in [0.1, 0.15) is 104 Å². The number of halogens is 2. The Kier molecular flexibility index (Phi) is 26.7. The lowest BCUT2D eigenvalue weighted by atomic mass is 10.00. The highest BCUT2D eigenvalue weighted by Gasteiger charge is 2.04. The molecule has 0 saturated heterocycles. The molecule has 0 aliphatic rings. The van der Waals surface area contributed by atoms with E-state index in [2.05, 4.69) is 13.8 Å². The van der Waals surface area contributed by atoms with E-state index in [0.717, 1.165) is 0 Å². The molecule has 4 heteroatoms. The smallest absolute Gasteiger partial charge is 0.00388 e. The lowest BCUT2D eigenvalue weighted by Crippen LogP contribution is -2.20. The van der Waals surface area contributed by atoms with Gasteiger partial charge in [-0.3, -0.25) is 0 Å². The van der Waals surface area contributed by atoms with Crippen LogP contribution in [0.15, 0.2) is 0 Å². The van der Waals surface area contributed by atoms with Crippen LogP contribution in [0.2, 0.25) is 0 Å². The first-order valence-electron chi connectivity index (χ1n) is 9.21. The Labute approximate surface area is 152 Å². The van der Waals surface area contributed by atoms with Crippen LogP contribution in [-0.2, 0) is 0 Å². The molecular formula is C18H42Cl2N2. The number of hydrogen-bond acceptors (Lipinski definition) is 2. The van der Waals surface area contributed by atoms with Gasteiger partial charge in [-0.15, -0.1) is 24.8 Å². The average Bonchev–Trinajstić information content (AvgIpc) is 2.43. The summed E-state index contributed by atoms with van der Waals surface area (Å²) < 4.78 is 0. The lowest BCUT2D eigenvalue weighted by molar-refractivity contribution is 0.471. The zero-order valence-electron chi connectivity index (χ0n) is 15.0. The van der Waals surface area contributed by atoms with E-state index in [1.54, 1.807) is 0 Å². The molecule has 0 aliphatic carbocycles. The highest BCUT2D eigenvalue weighted by Crippen LogP contribution is 2.13. The van der Waals surface area contributed by atoms with Crippen molar-refractivity contribution in [2.75, 3.05) is 0 Å². The molecule has 4 N–H and O–H groups in total. The summed E-state index contributed by atoms with van der Waals surface area (Å²) in [5, 5.41) is 0. The Balaban J connectivity index is -0.00000180. The Bertz CT molecular complexity index is 172. The molecule has 0 spiro atoms. The number of hydrogen-bond donors (Lipinski definition) is 2. The summed E-state index contributed by atoms with van der Waals surface area (Å²) in [4.78, 5) is 0. The average molecular weight is 357 g/mol. The minimum absolute atomic E-state index is 0. The van der Waals surface area contributed by atoms with Crippen molar-refractivity contribution in [2.24, 2.45) is 11.5 Å². The van der Waals surface area contributed by atoms with Crippen LogP contribution < -0.4 is 11.5 Å². The molecule has 0 aromatic carbocycles. The maximum atomic E-state index is 6.13. The Morgan fingerprint density at radius 3 is 1.05 bits per heavy atom. The normalized spacial score (nSPS) is 13.1. The monoisotopic (exact) mass is 356 g/mol. The Morgan fingerprint density at radius 1 is 0.500 bits per heavy atom. The van der Waals surface area contributed by atoms with Crippen molar-refractivity contribution in [1.29, 1.82) is 0 Å². The van der Waals surface area contributed by atoms with Crippen LogP contribution in [0.3, 0.4) is 0 Å². The molecule has 0 radical (unpaired) electrons. The van der Waals surface area contributed by atoms with Crippen LogP contribution in [0.4, 0.5) is 0 Å². The molecule has 0 fully saturated rings. The van der Waals surface area contributed by atoms with E-state index in [0.29, 0.717) is 12.1 Å². The minimum atomic E-state index is 0. The fraction of sp³-hybridized carbons (Fsp3) is 1.00. The van der Waals surface area contributed by atoms with Crippen LogP contribution in [0, 0.1) is 0 Å². The first-order chi connectivity index (χ1) is 9.70. The van der Waals surface area contributed by atoms with Gasteiger partial charge in [0.25, 0.3) is 0 Å². The number of unbranched alkanes of at least 4 members (excludes halogenated alkanes) is 7. The summed E-state index contributed by atoms with van der Waals surface area (Å²) in [6.07, 6.45) is 18.0. The van der Waals surface area contributed by atoms with E-state index < -0.39 is 0 Å². The Morgan fingerprint density at radius 2 is 0.773 bits per heavy atom. The van der Waals surface area contributed by atoms with Crippen LogP contribution in [0.25, 0.3) is 0 Å². The predicted octanol–water partition coefficient (Wildman–Crippen LogP) is 5.99. The first kappa shape index (κ1) is 27.4. The first-order valence-corrected chi connectivity index (χ1v) is 9.21. The zero-order valence-corrected chi connectivity index (χ0v) is 16.7. The molecular weight excluding hydrogens is 315 g/mol. The number of rotatable bonds is 15. The van der Waals surface area contributed by atoms with Gasteiger partial charge in [0.15, 0.2) is 0 Å². The molecule has 2 unspecified atom stereocenters. The summed E-state index contributed by atoms with van der Waals surface area (Å²) >= 11 is 0. The number of nitrogens with two attached hydrogens (primary N) is 2. The molecule has 2 nitrogen and oxygen atoms in total. The summed E-state index contributed by atoms with van der Waals surface area (Å²) in [6.45, 7) is 4.50. The third-order valence-electron chi connectivity index (χ3n) is 4.26. The van der Waals surface area contributed by atoms with Crippen molar-refractivity contribution >= 4 is 24.8 Å². The van der Waals surface area contributed by atoms with Gasteiger partial charge in [0.2, 0.25) is 0 Å². The van der Waals surface area contributed by atoms with Gasteiger partial charge in [0.1, 0.15) is 0 Å². The summed E-state index contributed by atoms with van der Waals surface area (Å²) in [5.74, 6) is 0. The quantitative estimate of drug-likeness (QED) is 0.354. The van der Waals surface area contributed by atoms with Crippen molar-refractivity contribution in [3.63, 3.8) is 0 Å². The van der Waals surface area contributed by atoms with Gasteiger partial charge in [0, 0.05) is 12.1 Å². The summed E-state index contributed by atoms with van der Waals surface area (Å²) in [7, 11) is 0. The van der Waals surface area contributed by atoms with Crippen molar-refractivity contribution in [2.45, 2.75) is 116 Å². The van der Waals surface area contributed by atoms with Gasteiger partial charge in [0.05, 0.1) is 0 Å². The highest BCUT2D eigenvalue weighted by molar-refractivity contribution is 5.85. The van der Waals surface area contributed by atoms with E-state index >= 15 is 0 Å². The summed E-state index contributed by atoms with van der Waals surface area (Å²) in [6, 6.07) is 0.885. The topological polar surface area (TPSA) is 52.0 Å². The second kappa shape index (κ2) is 21.5. The van der Waals surface area contributed by atoms with Crippen molar-refractivity contribution < 1.29 is 0 Å². The van der Waals surface area contributed by atoms with Crippen molar-refractivity contribution in [3.8, 4) is 0 Å². The second-order valence-corrected chi connectivity index (χ2v) is 6.50. The van der Waals surface area contributed by atoms with Gasteiger partial charge in [-0.25, -0.2) is 0 Å². The fourth-order valence-electron chi connectivity index (χ4n) is 2.77. The Hall–Kier alpha value is 0.500. The molecule has 0 saturated carbocycles. The molecule has 0 rings (SSSR count). The molecule has 0 amide bonds. The zero-order chi connectivity index (χ0) is 15.1. The standard InChI is InChI=1S/C18H40N2.2ClH/c1-3-5-9-13-17(19)15-11-7-8-12-16-18(20)14-10-6-4-2;;/h17-18H,3-16,19-20H2,1-2H3;2*1H. The van der Waals surface area contributed by atoms with Gasteiger partial charge >= 0.3 is 0 Å². The van der Waals surface area contributed by atoms with Crippen LogP contribution >= 0.6 is 24.8 Å². The largest absolute Gasteiger partial charge is 0.328 e. The van der Waals surface area contributed by atoms with Gasteiger partial charge < -0.3 is 11.5 Å². The van der Waals surface area contributed by atoms with E-state index in [1.165, 1.54) is 89.9 Å². The molecule has 0 aromatic rings.